The van der Waals surface area contributed by atoms with Gasteiger partial charge in [-0.25, -0.2) is 8.78 Å². The number of thioether (sulfide) groups is 1. The first-order valence-electron chi connectivity index (χ1n) is 4.51. The van der Waals surface area contributed by atoms with Crippen molar-refractivity contribution in [3.8, 4) is 5.75 Å². The Balaban J connectivity index is 2.55. The van der Waals surface area contributed by atoms with E-state index in [0.717, 1.165) is 24.4 Å². The molecule has 5 heteroatoms. The van der Waals surface area contributed by atoms with E-state index in [1.165, 1.54) is 0 Å². The van der Waals surface area contributed by atoms with Crippen LogP contribution in [0.2, 0.25) is 0 Å². The topological polar surface area (TPSA) is 32.3 Å². The Morgan fingerprint density at radius 1 is 1.33 bits per heavy atom. The molecule has 0 aromatic heterocycles. The predicted molar refractivity (Wildman–Crippen MR) is 58.1 cm³/mol. The third-order valence-electron chi connectivity index (χ3n) is 1.89. The van der Waals surface area contributed by atoms with Crippen LogP contribution in [0.1, 0.15) is 5.56 Å². The first-order chi connectivity index (χ1) is 7.15. The van der Waals surface area contributed by atoms with Gasteiger partial charge >= 0.3 is 0 Å². The van der Waals surface area contributed by atoms with Crippen LogP contribution in [-0.2, 0) is 6.54 Å². The van der Waals surface area contributed by atoms with Crippen LogP contribution in [0.4, 0.5) is 8.78 Å². The third kappa shape index (κ3) is 3.68. The fraction of sp³-hybridized carbons (Fsp3) is 0.400. The molecule has 0 heterocycles. The molecule has 0 amide bonds. The van der Waals surface area contributed by atoms with Gasteiger partial charge in [0.05, 0.1) is 0 Å². The molecule has 0 unspecified atom stereocenters. The second-order valence-corrected chi connectivity index (χ2v) is 4.06. The highest BCUT2D eigenvalue weighted by Crippen LogP contribution is 2.21. The van der Waals surface area contributed by atoms with Gasteiger partial charge in [-0.3, -0.25) is 0 Å². The maximum atomic E-state index is 12.9. The summed E-state index contributed by atoms with van der Waals surface area (Å²) in [4.78, 5) is 0. The normalized spacial score (nSPS) is 10.6. The lowest BCUT2D eigenvalue weighted by atomic mass is 10.2. The molecule has 0 atom stereocenters. The number of hydrogen-bond acceptors (Lipinski definition) is 3. The van der Waals surface area contributed by atoms with Crippen LogP contribution < -0.4 is 5.32 Å². The van der Waals surface area contributed by atoms with E-state index in [1.54, 1.807) is 11.8 Å². The average molecular weight is 233 g/mol. The van der Waals surface area contributed by atoms with Crippen LogP contribution in [0.3, 0.4) is 0 Å². The maximum Gasteiger partial charge on any atom is 0.187 e. The van der Waals surface area contributed by atoms with E-state index in [0.29, 0.717) is 12.1 Å². The van der Waals surface area contributed by atoms with E-state index in [-0.39, 0.29) is 0 Å². The van der Waals surface area contributed by atoms with Gasteiger partial charge in [0.25, 0.3) is 0 Å². The quantitative estimate of drug-likeness (QED) is 0.764. The van der Waals surface area contributed by atoms with Gasteiger partial charge in [-0.05, 0) is 24.0 Å². The van der Waals surface area contributed by atoms with E-state index < -0.39 is 17.4 Å². The summed E-state index contributed by atoms with van der Waals surface area (Å²) in [7, 11) is 0. The Labute approximate surface area is 91.7 Å². The van der Waals surface area contributed by atoms with E-state index in [1.807, 2.05) is 6.26 Å². The number of phenols is 1. The van der Waals surface area contributed by atoms with Crippen molar-refractivity contribution in [2.24, 2.45) is 0 Å². The van der Waals surface area contributed by atoms with Gasteiger partial charge in [-0.1, -0.05) is 0 Å². The molecule has 0 saturated heterocycles. The van der Waals surface area contributed by atoms with Gasteiger partial charge in [-0.15, -0.1) is 0 Å². The van der Waals surface area contributed by atoms with Crippen molar-refractivity contribution in [3.63, 3.8) is 0 Å². The smallest absolute Gasteiger partial charge is 0.187 e. The van der Waals surface area contributed by atoms with Gasteiger partial charge in [-0.2, -0.15) is 11.8 Å². The minimum Gasteiger partial charge on any atom is -0.503 e. The van der Waals surface area contributed by atoms with E-state index >= 15 is 0 Å². The Bertz CT molecular complexity index is 310. The fourth-order valence-corrected chi connectivity index (χ4v) is 1.48. The summed E-state index contributed by atoms with van der Waals surface area (Å²) in [6.45, 7) is 1.18. The van der Waals surface area contributed by atoms with Gasteiger partial charge in [0.1, 0.15) is 0 Å². The van der Waals surface area contributed by atoms with Gasteiger partial charge in [0, 0.05) is 18.8 Å². The monoisotopic (exact) mass is 233 g/mol. The van der Waals surface area contributed by atoms with Gasteiger partial charge in [0.15, 0.2) is 17.4 Å². The van der Waals surface area contributed by atoms with Crippen molar-refractivity contribution in [3.05, 3.63) is 29.3 Å². The number of benzene rings is 1. The molecular formula is C10H13F2NOS. The largest absolute Gasteiger partial charge is 0.503 e. The zero-order valence-corrected chi connectivity index (χ0v) is 9.20. The number of rotatable bonds is 5. The molecule has 2 nitrogen and oxygen atoms in total. The predicted octanol–water partition coefficient (Wildman–Crippen LogP) is 2.12. The molecule has 84 valence electrons. The molecule has 1 aromatic rings. The Hall–Kier alpha value is -0.810. The highest BCUT2D eigenvalue weighted by atomic mass is 32.2. The summed E-state index contributed by atoms with van der Waals surface area (Å²) in [5.74, 6) is -1.81. The number of nitrogens with one attached hydrogen (secondary N) is 1. The third-order valence-corrected chi connectivity index (χ3v) is 2.50. The molecule has 0 bridgehead atoms. The molecule has 0 fully saturated rings. The van der Waals surface area contributed by atoms with Crippen molar-refractivity contribution in [1.82, 2.24) is 5.32 Å². The molecule has 0 aliphatic carbocycles. The lowest BCUT2D eigenvalue weighted by Gasteiger charge is -2.05. The molecule has 0 aliphatic heterocycles. The van der Waals surface area contributed by atoms with Crippen LogP contribution in [0, 0.1) is 11.6 Å². The molecule has 0 radical (unpaired) electrons. The second-order valence-electron chi connectivity index (χ2n) is 3.08. The summed E-state index contributed by atoms with van der Waals surface area (Å²) in [6.07, 6.45) is 1.99. The van der Waals surface area contributed by atoms with Crippen LogP contribution in [-0.4, -0.2) is 23.7 Å². The zero-order valence-electron chi connectivity index (χ0n) is 8.39. The van der Waals surface area contributed by atoms with Crippen molar-refractivity contribution in [2.75, 3.05) is 18.6 Å². The molecule has 0 saturated carbocycles. The van der Waals surface area contributed by atoms with E-state index in [2.05, 4.69) is 5.32 Å². The summed E-state index contributed by atoms with van der Waals surface area (Å²) in [6, 6.07) is 2.26. The highest BCUT2D eigenvalue weighted by molar-refractivity contribution is 7.98. The molecular weight excluding hydrogens is 220 g/mol. The van der Waals surface area contributed by atoms with Crippen LogP contribution >= 0.6 is 11.8 Å². The van der Waals surface area contributed by atoms with Crippen LogP contribution in [0.5, 0.6) is 5.75 Å². The number of aromatic hydroxyl groups is 1. The number of phenolic OH excluding ortho intramolecular Hbond substituents is 1. The first kappa shape index (κ1) is 12.3. The maximum absolute atomic E-state index is 12.9. The van der Waals surface area contributed by atoms with Gasteiger partial charge in [0.2, 0.25) is 0 Å². The van der Waals surface area contributed by atoms with Crippen LogP contribution in [0.25, 0.3) is 0 Å². The van der Waals surface area contributed by atoms with Crippen molar-refractivity contribution in [2.45, 2.75) is 6.54 Å². The van der Waals surface area contributed by atoms with Crippen molar-refractivity contribution in [1.29, 1.82) is 0 Å². The summed E-state index contributed by atoms with van der Waals surface area (Å²) >= 11 is 1.69. The summed E-state index contributed by atoms with van der Waals surface area (Å²) in [5.41, 5.74) is 0.490. The molecule has 1 rings (SSSR count). The Kier molecular flexibility index (Phi) is 4.84. The molecule has 0 aliphatic rings. The number of halogens is 2. The Morgan fingerprint density at radius 3 is 2.47 bits per heavy atom. The molecule has 0 spiro atoms. The lowest BCUT2D eigenvalue weighted by molar-refractivity contribution is 0.395. The second kappa shape index (κ2) is 5.92. The average Bonchev–Trinajstić information content (AvgIpc) is 2.21. The van der Waals surface area contributed by atoms with Crippen molar-refractivity contribution < 1.29 is 13.9 Å². The lowest BCUT2D eigenvalue weighted by Crippen LogP contribution is -2.16. The summed E-state index contributed by atoms with van der Waals surface area (Å²) < 4.78 is 25.8. The summed E-state index contributed by atoms with van der Waals surface area (Å²) in [5, 5.41) is 11.9. The SMILES string of the molecule is CSCCNCc1cc(F)c(O)c(F)c1. The Morgan fingerprint density at radius 2 is 1.93 bits per heavy atom. The van der Waals surface area contributed by atoms with Crippen molar-refractivity contribution >= 4 is 11.8 Å². The first-order valence-corrected chi connectivity index (χ1v) is 5.91. The van der Waals surface area contributed by atoms with Gasteiger partial charge < -0.3 is 10.4 Å². The minimum absolute atomic E-state index is 0.397. The minimum atomic E-state index is -0.920. The zero-order chi connectivity index (χ0) is 11.3. The highest BCUT2D eigenvalue weighted by Gasteiger charge is 2.08. The fourth-order valence-electron chi connectivity index (χ4n) is 1.13. The number of hydrogen-bond donors (Lipinski definition) is 2. The molecule has 1 aromatic carbocycles. The standard InChI is InChI=1S/C10H13F2NOS/c1-15-3-2-13-6-7-4-8(11)10(14)9(12)5-7/h4-5,13-14H,2-3,6H2,1H3. The molecule has 2 N–H and O–H groups in total. The molecule has 15 heavy (non-hydrogen) atoms. The van der Waals surface area contributed by atoms with E-state index in [9.17, 15) is 8.78 Å². The van der Waals surface area contributed by atoms with E-state index in [4.69, 9.17) is 5.11 Å². The van der Waals surface area contributed by atoms with Crippen LogP contribution in [0.15, 0.2) is 12.1 Å².